The van der Waals surface area contributed by atoms with Gasteiger partial charge in [0.15, 0.2) is 0 Å². The van der Waals surface area contributed by atoms with Crippen LogP contribution in [0.2, 0.25) is 10.0 Å². The van der Waals surface area contributed by atoms with Crippen LogP contribution in [0.3, 0.4) is 0 Å². The molecular formula is C35H36BrCl2N3O4S. The molecule has 4 aromatic rings. The van der Waals surface area contributed by atoms with Gasteiger partial charge in [0.05, 0.1) is 10.6 Å². The molecule has 1 N–H and O–H groups in total. The fraction of sp³-hybridized carbons (Fsp3) is 0.257. The molecule has 4 rings (SSSR count). The Morgan fingerprint density at radius 2 is 1.50 bits per heavy atom. The number of carbonyl (C=O) groups is 2. The summed E-state index contributed by atoms with van der Waals surface area (Å²) in [5, 5.41) is 3.62. The van der Waals surface area contributed by atoms with Gasteiger partial charge in [0, 0.05) is 39.6 Å². The molecule has 0 saturated carbocycles. The molecule has 2 amide bonds. The van der Waals surface area contributed by atoms with E-state index in [0.717, 1.165) is 32.7 Å². The fourth-order valence-corrected chi connectivity index (χ4v) is 7.08. The van der Waals surface area contributed by atoms with Crippen molar-refractivity contribution in [2.45, 2.75) is 50.6 Å². The third-order valence-corrected chi connectivity index (χ3v) is 10.5. The molecule has 0 spiro atoms. The number of carbonyl (C=O) groups excluding carboxylic acids is 2. The smallest absolute Gasteiger partial charge is 0.264 e. The molecule has 0 aliphatic rings. The number of nitrogens with zero attached hydrogens (tertiary/aromatic N) is 2. The second kappa shape index (κ2) is 16.5. The van der Waals surface area contributed by atoms with E-state index >= 15 is 0 Å². The first-order valence-corrected chi connectivity index (χ1v) is 17.9. The highest BCUT2D eigenvalue weighted by Crippen LogP contribution is 2.29. The van der Waals surface area contributed by atoms with E-state index in [1.54, 1.807) is 54.6 Å². The van der Waals surface area contributed by atoms with Crippen molar-refractivity contribution in [1.29, 1.82) is 0 Å². The summed E-state index contributed by atoms with van der Waals surface area (Å²) in [6.07, 6.45) is 1.83. The van der Waals surface area contributed by atoms with E-state index in [1.165, 1.54) is 17.0 Å². The number of benzene rings is 4. The van der Waals surface area contributed by atoms with Gasteiger partial charge in [0.2, 0.25) is 11.8 Å². The Bertz CT molecular complexity index is 1720. The van der Waals surface area contributed by atoms with E-state index in [2.05, 4.69) is 21.2 Å². The van der Waals surface area contributed by atoms with Crippen LogP contribution in [0.5, 0.6) is 0 Å². The van der Waals surface area contributed by atoms with E-state index < -0.39 is 28.5 Å². The predicted octanol–water partition coefficient (Wildman–Crippen LogP) is 7.82. The number of aryl methyl sites for hydroxylation is 1. The van der Waals surface area contributed by atoms with Gasteiger partial charge in [0.25, 0.3) is 10.0 Å². The highest BCUT2D eigenvalue weighted by atomic mass is 79.9. The fourth-order valence-electron chi connectivity index (χ4n) is 4.89. The van der Waals surface area contributed by atoms with Crippen molar-refractivity contribution in [1.82, 2.24) is 10.2 Å². The van der Waals surface area contributed by atoms with Crippen LogP contribution in [0.15, 0.2) is 106 Å². The summed E-state index contributed by atoms with van der Waals surface area (Å²) in [6, 6.07) is 26.5. The van der Waals surface area contributed by atoms with Gasteiger partial charge in [-0.2, -0.15) is 0 Å². The van der Waals surface area contributed by atoms with Crippen LogP contribution in [-0.2, 0) is 32.6 Å². The van der Waals surface area contributed by atoms with Crippen molar-refractivity contribution in [3.8, 4) is 0 Å². The summed E-state index contributed by atoms with van der Waals surface area (Å²) in [7, 11) is -4.21. The molecule has 0 radical (unpaired) electrons. The van der Waals surface area contributed by atoms with Crippen LogP contribution >= 0.6 is 39.1 Å². The zero-order valence-electron chi connectivity index (χ0n) is 25.6. The summed E-state index contributed by atoms with van der Waals surface area (Å²) < 4.78 is 30.1. The first-order chi connectivity index (χ1) is 22.0. The van der Waals surface area contributed by atoms with Crippen molar-refractivity contribution in [2.75, 3.05) is 17.4 Å². The first kappa shape index (κ1) is 35.5. The van der Waals surface area contributed by atoms with Crippen LogP contribution in [-0.4, -0.2) is 44.3 Å². The van der Waals surface area contributed by atoms with Crippen molar-refractivity contribution < 1.29 is 18.0 Å². The molecular weight excluding hydrogens is 709 g/mol. The third-order valence-electron chi connectivity index (χ3n) is 7.49. The van der Waals surface area contributed by atoms with Gasteiger partial charge >= 0.3 is 0 Å². The van der Waals surface area contributed by atoms with E-state index in [1.807, 2.05) is 44.2 Å². The third kappa shape index (κ3) is 9.12. The van der Waals surface area contributed by atoms with E-state index in [9.17, 15) is 18.0 Å². The summed E-state index contributed by atoms with van der Waals surface area (Å²) in [5.41, 5.74) is 2.47. The minimum atomic E-state index is -4.21. The number of unbranched alkanes of at least 4 members (excludes halogenated alkanes) is 1. The molecule has 7 nitrogen and oxygen atoms in total. The number of anilines is 1. The normalized spacial score (nSPS) is 11.9. The molecule has 0 aliphatic heterocycles. The molecule has 1 atom stereocenters. The molecule has 11 heteroatoms. The zero-order chi connectivity index (χ0) is 33.3. The van der Waals surface area contributed by atoms with Crippen molar-refractivity contribution in [3.05, 3.63) is 128 Å². The van der Waals surface area contributed by atoms with Crippen LogP contribution in [0, 0.1) is 6.92 Å². The van der Waals surface area contributed by atoms with Gasteiger partial charge < -0.3 is 10.2 Å². The largest absolute Gasteiger partial charge is 0.354 e. The van der Waals surface area contributed by atoms with Gasteiger partial charge in [-0.3, -0.25) is 13.9 Å². The number of nitrogens with one attached hydrogen (secondary N) is 1. The number of rotatable bonds is 14. The number of sulfonamides is 1. The maximum absolute atomic E-state index is 14.6. The molecule has 0 heterocycles. The van der Waals surface area contributed by atoms with Crippen molar-refractivity contribution in [2.24, 2.45) is 0 Å². The number of hydrogen-bond donors (Lipinski definition) is 1. The predicted molar refractivity (Wildman–Crippen MR) is 189 cm³/mol. The molecule has 0 saturated heterocycles. The lowest BCUT2D eigenvalue weighted by Gasteiger charge is -2.34. The number of hydrogen-bond acceptors (Lipinski definition) is 4. The molecule has 46 heavy (non-hydrogen) atoms. The van der Waals surface area contributed by atoms with Gasteiger partial charge in [-0.1, -0.05) is 107 Å². The highest BCUT2D eigenvalue weighted by Gasteiger charge is 2.35. The van der Waals surface area contributed by atoms with Gasteiger partial charge in [0.1, 0.15) is 12.6 Å². The quantitative estimate of drug-likeness (QED) is 0.134. The molecule has 242 valence electrons. The van der Waals surface area contributed by atoms with E-state index in [4.69, 9.17) is 23.2 Å². The highest BCUT2D eigenvalue weighted by molar-refractivity contribution is 9.10. The minimum absolute atomic E-state index is 0.0349. The Hall–Kier alpha value is -3.37. The summed E-state index contributed by atoms with van der Waals surface area (Å²) in [5.74, 6) is -0.952. The average molecular weight is 746 g/mol. The van der Waals surface area contributed by atoms with Gasteiger partial charge in [-0.25, -0.2) is 8.42 Å². The molecule has 4 aromatic carbocycles. The first-order valence-electron chi connectivity index (χ1n) is 14.9. The zero-order valence-corrected chi connectivity index (χ0v) is 29.5. The van der Waals surface area contributed by atoms with Crippen molar-refractivity contribution >= 4 is 66.7 Å². The molecule has 0 unspecified atom stereocenters. The van der Waals surface area contributed by atoms with Crippen LogP contribution in [0.25, 0.3) is 0 Å². The lowest BCUT2D eigenvalue weighted by atomic mass is 10.0. The molecule has 0 fully saturated rings. The Balaban J connectivity index is 1.82. The monoisotopic (exact) mass is 743 g/mol. The number of halogens is 3. The lowest BCUT2D eigenvalue weighted by Crippen LogP contribution is -2.53. The van der Waals surface area contributed by atoms with Crippen molar-refractivity contribution in [3.63, 3.8) is 0 Å². The Morgan fingerprint density at radius 3 is 2.11 bits per heavy atom. The standard InChI is InChI=1S/C35H36BrCl2N3O4S/c1-3-4-21-39-35(43)33(22-26-9-6-5-7-10-26)40(23-30-31(37)11-8-12-32(30)38)34(42)24-41(28-17-15-27(36)16-18-28)46(44,45)29-19-13-25(2)14-20-29/h5-20,33H,3-4,21-24H2,1-2H3,(H,39,43)/t33-/m0/s1. The Kier molecular flexibility index (Phi) is 12.7. The maximum atomic E-state index is 14.6. The molecule has 0 bridgehead atoms. The summed E-state index contributed by atoms with van der Waals surface area (Å²) >= 11 is 16.5. The van der Waals surface area contributed by atoms with Crippen LogP contribution in [0.1, 0.15) is 36.5 Å². The average Bonchev–Trinajstić information content (AvgIpc) is 3.04. The van der Waals surface area contributed by atoms with Gasteiger partial charge in [-0.05, 0) is 67.4 Å². The number of amides is 2. The Morgan fingerprint density at radius 1 is 0.870 bits per heavy atom. The van der Waals surface area contributed by atoms with E-state index in [0.29, 0.717) is 27.8 Å². The Labute approximate surface area is 289 Å². The van der Waals surface area contributed by atoms with Crippen LogP contribution in [0.4, 0.5) is 5.69 Å². The second-order valence-electron chi connectivity index (χ2n) is 10.9. The van der Waals surface area contributed by atoms with Gasteiger partial charge in [-0.15, -0.1) is 0 Å². The topological polar surface area (TPSA) is 86.8 Å². The molecule has 0 aromatic heterocycles. The summed E-state index contributed by atoms with van der Waals surface area (Å²) in [4.78, 5) is 29.8. The van der Waals surface area contributed by atoms with Crippen LogP contribution < -0.4 is 9.62 Å². The maximum Gasteiger partial charge on any atom is 0.264 e. The SMILES string of the molecule is CCCCNC(=O)[C@H](Cc1ccccc1)N(Cc1c(Cl)cccc1Cl)C(=O)CN(c1ccc(Br)cc1)S(=O)(=O)c1ccc(C)cc1. The summed E-state index contributed by atoms with van der Waals surface area (Å²) in [6.45, 7) is 3.63. The second-order valence-corrected chi connectivity index (χ2v) is 14.5. The minimum Gasteiger partial charge on any atom is -0.354 e. The van der Waals surface area contributed by atoms with E-state index in [-0.39, 0.29) is 23.8 Å². The lowest BCUT2D eigenvalue weighted by molar-refractivity contribution is -0.140. The molecule has 0 aliphatic carbocycles.